The number of rotatable bonds is 3. The predicted octanol–water partition coefficient (Wildman–Crippen LogP) is 0.541. The summed E-state index contributed by atoms with van der Waals surface area (Å²) in [6.45, 7) is 0. The van der Waals surface area contributed by atoms with E-state index in [0.29, 0.717) is 0 Å². The van der Waals surface area contributed by atoms with Crippen LogP contribution in [0.25, 0.3) is 0 Å². The molecule has 1 aliphatic heterocycles. The molecule has 0 spiro atoms. The van der Waals surface area contributed by atoms with Crippen LogP contribution in [0.3, 0.4) is 0 Å². The summed E-state index contributed by atoms with van der Waals surface area (Å²) in [5.74, 6) is -2.18. The van der Waals surface area contributed by atoms with Crippen molar-refractivity contribution in [2.75, 3.05) is 0 Å². The van der Waals surface area contributed by atoms with E-state index in [4.69, 9.17) is 39.9 Å². The number of aliphatic carboxylic acids is 1. The number of carbonyl (C=O) groups excluding carboxylic acids is 2. The van der Waals surface area contributed by atoms with E-state index in [1.54, 1.807) is 0 Å². The zero-order valence-corrected chi connectivity index (χ0v) is 9.87. The lowest BCUT2D eigenvalue weighted by Crippen LogP contribution is -2.44. The van der Waals surface area contributed by atoms with E-state index in [0.717, 1.165) is 4.90 Å². The smallest absolute Gasteiger partial charge is 0.331 e. The monoisotopic (exact) mass is 289 g/mol. The van der Waals surface area contributed by atoms with Crippen LogP contribution in [0.15, 0.2) is 0 Å². The number of hydrogen-bond acceptors (Lipinski definition) is 4. The predicted molar refractivity (Wildman–Crippen MR) is 54.1 cm³/mol. The third-order valence-electron chi connectivity index (χ3n) is 1.90. The van der Waals surface area contributed by atoms with Gasteiger partial charge in [0.25, 0.3) is 0 Å². The zero-order chi connectivity index (χ0) is 12.5. The number of esters is 1. The van der Waals surface area contributed by atoms with Gasteiger partial charge in [-0.2, -0.15) is 0 Å². The van der Waals surface area contributed by atoms with Gasteiger partial charge in [-0.05, 0) is 0 Å². The molecule has 1 rings (SSSR count). The van der Waals surface area contributed by atoms with Crippen LogP contribution in [-0.2, 0) is 19.1 Å². The van der Waals surface area contributed by atoms with E-state index in [1.807, 2.05) is 0 Å². The number of cyclic esters (lactones) is 1. The normalized spacial score (nSPS) is 25.4. The number of nitrogens with zero attached hydrogens (tertiary/aromatic N) is 1. The SMILES string of the molecule is O=CN1C(CC(=O)O)C(=O)OC1C(Cl)(Cl)Cl. The van der Waals surface area contributed by atoms with E-state index in [1.165, 1.54) is 0 Å². The molecule has 1 saturated heterocycles. The third kappa shape index (κ3) is 2.69. The van der Waals surface area contributed by atoms with Gasteiger partial charge in [-0.25, -0.2) is 4.79 Å². The fourth-order valence-corrected chi connectivity index (χ4v) is 1.72. The Morgan fingerprint density at radius 2 is 2.12 bits per heavy atom. The lowest BCUT2D eigenvalue weighted by molar-refractivity contribution is -0.146. The summed E-state index contributed by atoms with van der Waals surface area (Å²) in [4.78, 5) is 33.2. The second-order valence-corrected chi connectivity index (χ2v) is 5.37. The lowest BCUT2D eigenvalue weighted by atomic mass is 10.2. The van der Waals surface area contributed by atoms with E-state index < -0.39 is 34.4 Å². The summed E-state index contributed by atoms with van der Waals surface area (Å²) in [5.41, 5.74) is 0. The zero-order valence-electron chi connectivity index (χ0n) is 7.60. The van der Waals surface area contributed by atoms with Gasteiger partial charge in [-0.1, -0.05) is 34.8 Å². The summed E-state index contributed by atoms with van der Waals surface area (Å²) in [5, 5.41) is 8.54. The number of ether oxygens (including phenoxy) is 1. The molecule has 9 heteroatoms. The van der Waals surface area contributed by atoms with Crippen molar-refractivity contribution in [3.63, 3.8) is 0 Å². The largest absolute Gasteiger partial charge is 0.481 e. The van der Waals surface area contributed by atoms with Crippen molar-refractivity contribution < 1.29 is 24.2 Å². The number of alkyl halides is 3. The first kappa shape index (κ1) is 13.3. The maximum absolute atomic E-state index is 11.3. The summed E-state index contributed by atoms with van der Waals surface area (Å²) in [6, 6.07) is -1.27. The standard InChI is InChI=1S/C7H6Cl3NO5/c8-7(9,10)6-11(2-12)3(1-4(13)14)5(15)16-6/h2-3,6H,1H2,(H,13,14). The van der Waals surface area contributed by atoms with Gasteiger partial charge < -0.3 is 9.84 Å². The minimum atomic E-state index is -2.02. The molecule has 0 aromatic rings. The Balaban J connectivity index is 2.92. The maximum Gasteiger partial charge on any atom is 0.331 e. The van der Waals surface area contributed by atoms with Gasteiger partial charge in [0.15, 0.2) is 0 Å². The highest BCUT2D eigenvalue weighted by atomic mass is 35.6. The molecule has 0 radical (unpaired) electrons. The fourth-order valence-electron chi connectivity index (χ4n) is 1.25. The Hall–Kier alpha value is -0.720. The first-order valence-electron chi connectivity index (χ1n) is 3.99. The summed E-state index contributed by atoms with van der Waals surface area (Å²) in [7, 11) is 0. The molecule has 0 saturated carbocycles. The molecule has 1 fully saturated rings. The van der Waals surface area contributed by atoms with Crippen molar-refractivity contribution >= 4 is 53.2 Å². The number of carboxylic acid groups (broad SMARTS) is 1. The lowest BCUT2D eigenvalue weighted by Gasteiger charge is -2.25. The van der Waals surface area contributed by atoms with Crippen LogP contribution in [-0.4, -0.2) is 44.4 Å². The van der Waals surface area contributed by atoms with E-state index in [-0.39, 0.29) is 6.41 Å². The number of amides is 1. The van der Waals surface area contributed by atoms with Gasteiger partial charge in [0, 0.05) is 0 Å². The summed E-state index contributed by atoms with van der Waals surface area (Å²) >= 11 is 16.5. The summed E-state index contributed by atoms with van der Waals surface area (Å²) < 4.78 is 2.62. The molecular formula is C7H6Cl3NO5. The van der Waals surface area contributed by atoms with Crippen LogP contribution in [0.2, 0.25) is 0 Å². The van der Waals surface area contributed by atoms with Crippen molar-refractivity contribution in [1.29, 1.82) is 0 Å². The highest BCUT2D eigenvalue weighted by Crippen LogP contribution is 2.38. The van der Waals surface area contributed by atoms with Gasteiger partial charge in [0.05, 0.1) is 6.42 Å². The minimum Gasteiger partial charge on any atom is -0.481 e. The molecule has 1 aliphatic rings. The number of halogens is 3. The van der Waals surface area contributed by atoms with Crippen LogP contribution in [0, 0.1) is 0 Å². The Bertz CT molecular complexity index is 328. The molecule has 2 unspecified atom stereocenters. The number of carbonyl (C=O) groups is 3. The molecular weight excluding hydrogens is 284 g/mol. The maximum atomic E-state index is 11.3. The molecule has 1 amide bonds. The second kappa shape index (κ2) is 4.65. The summed E-state index contributed by atoms with van der Waals surface area (Å²) in [6.07, 6.45) is -1.80. The Morgan fingerprint density at radius 1 is 1.56 bits per heavy atom. The van der Waals surface area contributed by atoms with E-state index in [9.17, 15) is 14.4 Å². The Labute approximate surface area is 105 Å². The molecule has 1 N–H and O–H groups in total. The molecule has 16 heavy (non-hydrogen) atoms. The van der Waals surface area contributed by atoms with Crippen molar-refractivity contribution in [2.24, 2.45) is 0 Å². The van der Waals surface area contributed by atoms with Gasteiger partial charge in [0.1, 0.15) is 6.04 Å². The molecule has 6 nitrogen and oxygen atoms in total. The average molecular weight is 290 g/mol. The number of hydrogen-bond donors (Lipinski definition) is 1. The number of carboxylic acids is 1. The molecule has 2 atom stereocenters. The molecule has 0 aromatic carbocycles. The van der Waals surface area contributed by atoms with Crippen molar-refractivity contribution in [3.8, 4) is 0 Å². The Kier molecular flexibility index (Phi) is 3.88. The van der Waals surface area contributed by atoms with Gasteiger partial charge in [-0.15, -0.1) is 0 Å². The molecule has 0 bridgehead atoms. The topological polar surface area (TPSA) is 83.9 Å². The quantitative estimate of drug-likeness (QED) is 0.466. The van der Waals surface area contributed by atoms with Crippen molar-refractivity contribution in [2.45, 2.75) is 22.5 Å². The molecule has 1 heterocycles. The average Bonchev–Trinajstić information content (AvgIpc) is 2.42. The van der Waals surface area contributed by atoms with E-state index >= 15 is 0 Å². The van der Waals surface area contributed by atoms with Crippen LogP contribution < -0.4 is 0 Å². The van der Waals surface area contributed by atoms with Crippen molar-refractivity contribution in [3.05, 3.63) is 0 Å². The highest BCUT2D eigenvalue weighted by molar-refractivity contribution is 6.68. The first-order chi connectivity index (χ1) is 7.27. The van der Waals surface area contributed by atoms with Crippen LogP contribution >= 0.6 is 34.8 Å². The van der Waals surface area contributed by atoms with Gasteiger partial charge >= 0.3 is 11.9 Å². The van der Waals surface area contributed by atoms with Crippen molar-refractivity contribution in [1.82, 2.24) is 4.90 Å². The second-order valence-electron chi connectivity index (χ2n) is 3.00. The minimum absolute atomic E-state index is 0.213. The van der Waals surface area contributed by atoms with E-state index in [2.05, 4.69) is 4.74 Å². The Morgan fingerprint density at radius 3 is 2.50 bits per heavy atom. The highest BCUT2D eigenvalue weighted by Gasteiger charge is 2.51. The fraction of sp³-hybridized carbons (Fsp3) is 0.571. The van der Waals surface area contributed by atoms with Crippen LogP contribution in [0.5, 0.6) is 0 Å². The molecule has 0 aromatic heterocycles. The van der Waals surface area contributed by atoms with Gasteiger partial charge in [-0.3, -0.25) is 14.5 Å². The third-order valence-corrected chi connectivity index (χ3v) is 2.46. The molecule has 0 aliphatic carbocycles. The van der Waals surface area contributed by atoms with Crippen LogP contribution in [0.4, 0.5) is 0 Å². The van der Waals surface area contributed by atoms with Gasteiger partial charge in [0.2, 0.25) is 16.4 Å². The molecule has 90 valence electrons. The van der Waals surface area contributed by atoms with Crippen LogP contribution in [0.1, 0.15) is 6.42 Å². The first-order valence-corrected chi connectivity index (χ1v) is 5.12.